The van der Waals surface area contributed by atoms with Crippen molar-refractivity contribution in [3.8, 4) is 16.9 Å². The number of rotatable bonds is 4. The Labute approximate surface area is 181 Å². The third-order valence-electron chi connectivity index (χ3n) is 5.61. The second-order valence-corrected chi connectivity index (χ2v) is 7.56. The van der Waals surface area contributed by atoms with Gasteiger partial charge in [-0.15, -0.1) is 0 Å². The fourth-order valence-corrected chi connectivity index (χ4v) is 3.84. The van der Waals surface area contributed by atoms with E-state index in [4.69, 9.17) is 10.5 Å². The van der Waals surface area contributed by atoms with Gasteiger partial charge in [0.2, 0.25) is 5.91 Å². The standard InChI is InChI=1S/C24H24N4O3/c1-15-23(29)27(2)21-12-17(18-9-10-26-22(25)13-18)7-8-20(21)24(30)28(15)14-16-5-4-6-19(11-16)31-3/h4-13,15H,14H2,1-3H3,(H2,25,26)/t15-/m0/s1. The fraction of sp³-hybridized carbons (Fsp3) is 0.208. The monoisotopic (exact) mass is 416 g/mol. The number of amides is 2. The summed E-state index contributed by atoms with van der Waals surface area (Å²) in [5, 5.41) is 0. The molecule has 1 aliphatic rings. The highest BCUT2D eigenvalue weighted by atomic mass is 16.5. The van der Waals surface area contributed by atoms with E-state index in [9.17, 15) is 9.59 Å². The number of nitrogens with two attached hydrogens (primary N) is 1. The van der Waals surface area contributed by atoms with Gasteiger partial charge in [0.25, 0.3) is 5.91 Å². The van der Waals surface area contributed by atoms with Crippen molar-refractivity contribution in [2.24, 2.45) is 0 Å². The molecule has 158 valence electrons. The van der Waals surface area contributed by atoms with E-state index in [0.717, 1.165) is 16.7 Å². The number of ether oxygens (including phenoxy) is 1. The van der Waals surface area contributed by atoms with Gasteiger partial charge in [-0.3, -0.25) is 9.59 Å². The largest absolute Gasteiger partial charge is 0.497 e. The molecule has 0 spiro atoms. The molecule has 0 bridgehead atoms. The van der Waals surface area contributed by atoms with Crippen LogP contribution < -0.4 is 15.4 Å². The minimum Gasteiger partial charge on any atom is -0.497 e. The number of benzene rings is 2. The molecule has 0 radical (unpaired) electrons. The lowest BCUT2D eigenvalue weighted by atomic mass is 10.0. The van der Waals surface area contributed by atoms with E-state index < -0.39 is 6.04 Å². The molecule has 7 nitrogen and oxygen atoms in total. The van der Waals surface area contributed by atoms with E-state index in [0.29, 0.717) is 29.4 Å². The van der Waals surface area contributed by atoms with Crippen LogP contribution in [-0.4, -0.2) is 41.9 Å². The number of fused-ring (bicyclic) bond motifs is 1. The molecule has 1 aromatic heterocycles. The van der Waals surface area contributed by atoms with Gasteiger partial charge in [0, 0.05) is 19.8 Å². The van der Waals surface area contributed by atoms with Crippen LogP contribution in [0.15, 0.2) is 60.8 Å². The first-order chi connectivity index (χ1) is 14.9. The summed E-state index contributed by atoms with van der Waals surface area (Å²) in [6.45, 7) is 2.06. The van der Waals surface area contributed by atoms with Crippen LogP contribution in [-0.2, 0) is 11.3 Å². The van der Waals surface area contributed by atoms with Gasteiger partial charge >= 0.3 is 0 Å². The number of carbonyl (C=O) groups excluding carboxylic acids is 2. The number of hydrogen-bond acceptors (Lipinski definition) is 5. The van der Waals surface area contributed by atoms with E-state index >= 15 is 0 Å². The highest BCUT2D eigenvalue weighted by Gasteiger charge is 2.35. The van der Waals surface area contributed by atoms with Gasteiger partial charge in [-0.05, 0) is 60.0 Å². The molecule has 3 aromatic rings. The number of nitrogens with zero attached hydrogens (tertiary/aromatic N) is 3. The quantitative estimate of drug-likeness (QED) is 0.705. The van der Waals surface area contributed by atoms with Crippen LogP contribution in [0.3, 0.4) is 0 Å². The smallest absolute Gasteiger partial charge is 0.256 e. The summed E-state index contributed by atoms with van der Waals surface area (Å²) in [5.74, 6) is 0.772. The first-order valence-corrected chi connectivity index (χ1v) is 9.96. The maximum Gasteiger partial charge on any atom is 0.256 e. The molecular weight excluding hydrogens is 392 g/mol. The van der Waals surface area contributed by atoms with Crippen LogP contribution in [0.5, 0.6) is 5.75 Å². The topological polar surface area (TPSA) is 88.8 Å². The van der Waals surface area contributed by atoms with Gasteiger partial charge in [-0.25, -0.2) is 4.98 Å². The number of methoxy groups -OCH3 is 1. The Bertz CT molecular complexity index is 1160. The fourth-order valence-electron chi connectivity index (χ4n) is 3.84. The predicted molar refractivity (Wildman–Crippen MR) is 120 cm³/mol. The minimum absolute atomic E-state index is 0.151. The van der Waals surface area contributed by atoms with Gasteiger partial charge < -0.3 is 20.3 Å². The molecule has 2 amide bonds. The van der Waals surface area contributed by atoms with Gasteiger partial charge in [-0.2, -0.15) is 0 Å². The van der Waals surface area contributed by atoms with Crippen LogP contribution in [0.1, 0.15) is 22.8 Å². The molecular formula is C24H24N4O3. The van der Waals surface area contributed by atoms with E-state index in [1.54, 1.807) is 49.2 Å². The minimum atomic E-state index is -0.615. The van der Waals surface area contributed by atoms with Crippen molar-refractivity contribution < 1.29 is 14.3 Å². The van der Waals surface area contributed by atoms with Gasteiger partial charge in [0.15, 0.2) is 0 Å². The van der Waals surface area contributed by atoms with Crippen molar-refractivity contribution in [2.75, 3.05) is 24.8 Å². The van der Waals surface area contributed by atoms with E-state index in [1.807, 2.05) is 42.5 Å². The maximum atomic E-state index is 13.5. The molecule has 31 heavy (non-hydrogen) atoms. The number of likely N-dealkylation sites (N-methyl/N-ethyl adjacent to an activating group) is 1. The number of nitrogen functional groups attached to an aromatic ring is 1. The van der Waals surface area contributed by atoms with Crippen molar-refractivity contribution in [3.63, 3.8) is 0 Å². The third-order valence-corrected chi connectivity index (χ3v) is 5.61. The number of aromatic nitrogens is 1. The lowest BCUT2D eigenvalue weighted by molar-refractivity contribution is -0.122. The summed E-state index contributed by atoms with van der Waals surface area (Å²) in [7, 11) is 3.30. The van der Waals surface area contributed by atoms with Crippen LogP contribution in [0.4, 0.5) is 11.5 Å². The molecule has 0 unspecified atom stereocenters. The summed E-state index contributed by atoms with van der Waals surface area (Å²) in [6, 6.07) is 16.0. The first-order valence-electron chi connectivity index (χ1n) is 9.96. The Hall–Kier alpha value is -3.87. The second kappa shape index (κ2) is 8.10. The van der Waals surface area contributed by atoms with E-state index in [1.165, 1.54) is 0 Å². The normalized spacial score (nSPS) is 16.2. The second-order valence-electron chi connectivity index (χ2n) is 7.56. The summed E-state index contributed by atoms with van der Waals surface area (Å²) in [4.78, 5) is 33.8. The molecule has 2 N–H and O–H groups in total. The predicted octanol–water partition coefficient (Wildman–Crippen LogP) is 3.35. The van der Waals surface area contributed by atoms with Gasteiger partial charge in [-0.1, -0.05) is 18.2 Å². The van der Waals surface area contributed by atoms with Crippen molar-refractivity contribution in [3.05, 3.63) is 71.9 Å². The van der Waals surface area contributed by atoms with Crippen LogP contribution >= 0.6 is 0 Å². The molecule has 7 heteroatoms. The SMILES string of the molecule is COc1cccc(CN2C(=O)c3ccc(-c4ccnc(N)c4)cc3N(C)C(=O)[C@@H]2C)c1. The molecule has 0 saturated heterocycles. The van der Waals surface area contributed by atoms with Crippen molar-refractivity contribution in [2.45, 2.75) is 19.5 Å². The number of anilines is 2. The summed E-state index contributed by atoms with van der Waals surface area (Å²) >= 11 is 0. The summed E-state index contributed by atoms with van der Waals surface area (Å²) < 4.78 is 5.29. The van der Waals surface area contributed by atoms with E-state index in [2.05, 4.69) is 4.98 Å². The average Bonchev–Trinajstić information content (AvgIpc) is 2.85. The molecule has 1 aliphatic heterocycles. The molecule has 2 aromatic carbocycles. The first kappa shape index (κ1) is 20.4. The lowest BCUT2D eigenvalue weighted by Crippen LogP contribution is -2.45. The Morgan fingerprint density at radius 3 is 2.58 bits per heavy atom. The van der Waals surface area contributed by atoms with Gasteiger partial charge in [0.05, 0.1) is 18.4 Å². The zero-order valence-electron chi connectivity index (χ0n) is 17.7. The lowest BCUT2D eigenvalue weighted by Gasteiger charge is -2.27. The average molecular weight is 416 g/mol. The Morgan fingerprint density at radius 2 is 1.84 bits per heavy atom. The number of hydrogen-bond donors (Lipinski definition) is 1. The van der Waals surface area contributed by atoms with E-state index in [-0.39, 0.29) is 11.8 Å². The number of carbonyl (C=O) groups is 2. The van der Waals surface area contributed by atoms with Crippen LogP contribution in [0, 0.1) is 0 Å². The third kappa shape index (κ3) is 3.82. The van der Waals surface area contributed by atoms with Crippen LogP contribution in [0.2, 0.25) is 0 Å². The zero-order valence-corrected chi connectivity index (χ0v) is 17.7. The van der Waals surface area contributed by atoms with Crippen molar-refractivity contribution in [1.82, 2.24) is 9.88 Å². The molecule has 2 heterocycles. The van der Waals surface area contributed by atoms with Crippen molar-refractivity contribution >= 4 is 23.3 Å². The highest BCUT2D eigenvalue weighted by Crippen LogP contribution is 2.33. The highest BCUT2D eigenvalue weighted by molar-refractivity contribution is 6.11. The Kier molecular flexibility index (Phi) is 5.33. The number of pyridine rings is 1. The summed E-state index contributed by atoms with van der Waals surface area (Å²) in [5.41, 5.74) is 9.48. The Balaban J connectivity index is 1.75. The molecule has 0 fully saturated rings. The molecule has 1 atom stereocenters. The zero-order chi connectivity index (χ0) is 22.1. The van der Waals surface area contributed by atoms with Gasteiger partial charge in [0.1, 0.15) is 17.6 Å². The molecule has 0 saturated carbocycles. The summed E-state index contributed by atoms with van der Waals surface area (Å²) in [6.07, 6.45) is 1.63. The maximum absolute atomic E-state index is 13.5. The molecule has 4 rings (SSSR count). The molecule has 0 aliphatic carbocycles. The van der Waals surface area contributed by atoms with Crippen LogP contribution in [0.25, 0.3) is 11.1 Å². The van der Waals surface area contributed by atoms with Crippen molar-refractivity contribution in [1.29, 1.82) is 0 Å². The Morgan fingerprint density at radius 1 is 1.06 bits per heavy atom.